The number of nitrogens with zero attached hydrogens (tertiary/aromatic N) is 1. The van der Waals surface area contributed by atoms with Gasteiger partial charge in [-0.05, 0) is 30.7 Å². The fraction of sp³-hybridized carbons (Fsp3) is 0.150. The molecule has 4 aromatic rings. The van der Waals surface area contributed by atoms with Gasteiger partial charge in [-0.2, -0.15) is 0 Å². The van der Waals surface area contributed by atoms with E-state index in [2.05, 4.69) is 74.7 Å². The van der Waals surface area contributed by atoms with Crippen LogP contribution >= 0.6 is 15.9 Å². The molecule has 0 aliphatic carbocycles. The predicted molar refractivity (Wildman–Crippen MR) is 103 cm³/mol. The normalized spacial score (nSPS) is 11.3. The summed E-state index contributed by atoms with van der Waals surface area (Å²) in [6, 6.07) is 16.5. The molecule has 0 spiro atoms. The molecule has 0 aliphatic heterocycles. The highest BCUT2D eigenvalue weighted by molar-refractivity contribution is 9.10. The van der Waals surface area contributed by atoms with E-state index in [9.17, 15) is 0 Å². The van der Waals surface area contributed by atoms with Crippen LogP contribution in [-0.2, 0) is 13.1 Å². The molecule has 0 saturated heterocycles. The maximum Gasteiger partial charge on any atom is 0.151 e. The molecule has 4 nitrogen and oxygen atoms in total. The second-order valence-electron chi connectivity index (χ2n) is 6.15. The van der Waals surface area contributed by atoms with Crippen LogP contribution in [0.4, 0.5) is 0 Å². The van der Waals surface area contributed by atoms with Crippen LogP contribution in [0.1, 0.15) is 16.9 Å². The van der Waals surface area contributed by atoms with Gasteiger partial charge in [0, 0.05) is 39.7 Å². The summed E-state index contributed by atoms with van der Waals surface area (Å²) in [6.07, 6.45) is 2.04. The van der Waals surface area contributed by atoms with Crippen LogP contribution in [0.15, 0.2) is 63.7 Å². The standard InChI is InChI=1S/C20H18BrN3O/c1-13-2-4-14(5-3-13)20-9-17(25-24-20)12-22-10-15-11-23-19-7-6-16(21)8-18(15)19/h2-9,11,22-23H,10,12H2,1H3. The van der Waals surface area contributed by atoms with Gasteiger partial charge in [0.25, 0.3) is 0 Å². The Morgan fingerprint density at radius 2 is 1.92 bits per heavy atom. The maximum absolute atomic E-state index is 5.45. The zero-order chi connectivity index (χ0) is 17.2. The second kappa shape index (κ2) is 6.86. The average Bonchev–Trinajstić information content (AvgIpc) is 3.23. The van der Waals surface area contributed by atoms with Crippen molar-refractivity contribution < 1.29 is 4.52 Å². The lowest BCUT2D eigenvalue weighted by Gasteiger charge is -2.01. The summed E-state index contributed by atoms with van der Waals surface area (Å²) < 4.78 is 6.53. The highest BCUT2D eigenvalue weighted by atomic mass is 79.9. The second-order valence-corrected chi connectivity index (χ2v) is 7.07. The van der Waals surface area contributed by atoms with Crippen LogP contribution in [0.3, 0.4) is 0 Å². The molecule has 2 N–H and O–H groups in total. The monoisotopic (exact) mass is 395 g/mol. The lowest BCUT2D eigenvalue weighted by molar-refractivity contribution is 0.374. The van der Waals surface area contributed by atoms with Crippen LogP contribution in [0.25, 0.3) is 22.2 Å². The Kier molecular flexibility index (Phi) is 4.42. The fourth-order valence-corrected chi connectivity index (χ4v) is 3.23. The minimum atomic E-state index is 0.638. The smallest absolute Gasteiger partial charge is 0.151 e. The largest absolute Gasteiger partial charge is 0.361 e. The third-order valence-electron chi connectivity index (χ3n) is 4.25. The number of halogens is 1. The van der Waals surface area contributed by atoms with Crippen LogP contribution < -0.4 is 5.32 Å². The van der Waals surface area contributed by atoms with Gasteiger partial charge in [-0.3, -0.25) is 0 Å². The van der Waals surface area contributed by atoms with Crippen molar-refractivity contribution in [1.29, 1.82) is 0 Å². The molecule has 126 valence electrons. The number of aryl methyl sites for hydroxylation is 1. The van der Waals surface area contributed by atoms with Crippen molar-refractivity contribution in [2.75, 3.05) is 0 Å². The van der Waals surface area contributed by atoms with Crippen LogP contribution in [-0.4, -0.2) is 10.1 Å². The summed E-state index contributed by atoms with van der Waals surface area (Å²) in [4.78, 5) is 3.30. The number of benzene rings is 2. The van der Waals surface area contributed by atoms with Crippen molar-refractivity contribution in [1.82, 2.24) is 15.5 Å². The van der Waals surface area contributed by atoms with E-state index in [1.807, 2.05) is 18.3 Å². The highest BCUT2D eigenvalue weighted by Gasteiger charge is 2.08. The molecule has 2 heterocycles. The Balaban J connectivity index is 1.42. The Labute approximate surface area is 154 Å². The molecule has 2 aromatic heterocycles. The predicted octanol–water partition coefficient (Wildman–Crippen LogP) is 5.18. The molecule has 0 atom stereocenters. The number of fused-ring (bicyclic) bond motifs is 1. The number of nitrogens with one attached hydrogen (secondary N) is 2. The van der Waals surface area contributed by atoms with Gasteiger partial charge < -0.3 is 14.8 Å². The molecule has 25 heavy (non-hydrogen) atoms. The molecule has 5 heteroatoms. The number of aromatic amines is 1. The third kappa shape index (κ3) is 3.52. The molecule has 0 aliphatic rings. The lowest BCUT2D eigenvalue weighted by atomic mass is 10.1. The van der Waals surface area contributed by atoms with Gasteiger partial charge in [-0.15, -0.1) is 0 Å². The Hall–Kier alpha value is -2.37. The molecule has 0 saturated carbocycles. The number of aromatic nitrogens is 2. The molecule has 0 unspecified atom stereocenters. The summed E-state index contributed by atoms with van der Waals surface area (Å²) in [6.45, 7) is 3.47. The van der Waals surface area contributed by atoms with Gasteiger partial charge in [-0.25, -0.2) is 0 Å². The van der Waals surface area contributed by atoms with Crippen molar-refractivity contribution in [3.05, 3.63) is 76.1 Å². The Morgan fingerprint density at radius 1 is 1.08 bits per heavy atom. The molecule has 0 fully saturated rings. The van der Waals surface area contributed by atoms with Crippen LogP contribution in [0.2, 0.25) is 0 Å². The highest BCUT2D eigenvalue weighted by Crippen LogP contribution is 2.23. The van der Waals surface area contributed by atoms with Gasteiger partial charge in [0.1, 0.15) is 5.69 Å². The summed E-state index contributed by atoms with van der Waals surface area (Å²) in [5, 5.41) is 8.81. The summed E-state index contributed by atoms with van der Waals surface area (Å²) in [5.41, 5.74) is 5.55. The first-order valence-electron chi connectivity index (χ1n) is 8.18. The molecule has 4 rings (SSSR count). The van der Waals surface area contributed by atoms with Crippen molar-refractivity contribution in [2.24, 2.45) is 0 Å². The SMILES string of the molecule is Cc1ccc(-c2cc(CNCc3c[nH]c4ccc(Br)cc34)on2)cc1. The lowest BCUT2D eigenvalue weighted by Crippen LogP contribution is -2.11. The first-order chi connectivity index (χ1) is 12.2. The van der Waals surface area contributed by atoms with Crippen LogP contribution in [0.5, 0.6) is 0 Å². The number of rotatable bonds is 5. The van der Waals surface area contributed by atoms with Crippen molar-refractivity contribution in [2.45, 2.75) is 20.0 Å². The van der Waals surface area contributed by atoms with Crippen molar-refractivity contribution >= 4 is 26.8 Å². The zero-order valence-corrected chi connectivity index (χ0v) is 15.4. The average molecular weight is 396 g/mol. The van der Waals surface area contributed by atoms with Gasteiger partial charge in [-0.1, -0.05) is 50.9 Å². The van der Waals surface area contributed by atoms with E-state index in [4.69, 9.17) is 4.52 Å². The molecule has 0 amide bonds. The van der Waals surface area contributed by atoms with Crippen LogP contribution in [0, 0.1) is 6.92 Å². The van der Waals surface area contributed by atoms with E-state index in [1.54, 1.807) is 0 Å². The first kappa shape index (κ1) is 16.1. The third-order valence-corrected chi connectivity index (χ3v) is 4.74. The van der Waals surface area contributed by atoms with E-state index in [0.717, 1.165) is 33.6 Å². The van der Waals surface area contributed by atoms with Gasteiger partial charge in [0.15, 0.2) is 5.76 Å². The number of hydrogen-bond acceptors (Lipinski definition) is 3. The maximum atomic E-state index is 5.45. The molecular formula is C20H18BrN3O. The Bertz CT molecular complexity index is 1000. The summed E-state index contributed by atoms with van der Waals surface area (Å²) in [5.74, 6) is 0.830. The Morgan fingerprint density at radius 3 is 2.76 bits per heavy atom. The summed E-state index contributed by atoms with van der Waals surface area (Å²) >= 11 is 3.53. The van der Waals surface area contributed by atoms with Crippen molar-refractivity contribution in [3.63, 3.8) is 0 Å². The van der Waals surface area contributed by atoms with Gasteiger partial charge >= 0.3 is 0 Å². The quantitative estimate of drug-likeness (QED) is 0.489. The van der Waals surface area contributed by atoms with Crippen molar-refractivity contribution in [3.8, 4) is 11.3 Å². The van der Waals surface area contributed by atoms with E-state index in [1.165, 1.54) is 16.5 Å². The fourth-order valence-electron chi connectivity index (χ4n) is 2.87. The summed E-state index contributed by atoms with van der Waals surface area (Å²) in [7, 11) is 0. The number of hydrogen-bond donors (Lipinski definition) is 2. The van der Waals surface area contributed by atoms with Gasteiger partial charge in [0.05, 0.1) is 6.54 Å². The molecule has 2 aromatic carbocycles. The molecule has 0 radical (unpaired) electrons. The minimum Gasteiger partial charge on any atom is -0.361 e. The van der Waals surface area contributed by atoms with E-state index < -0.39 is 0 Å². The minimum absolute atomic E-state index is 0.638. The zero-order valence-electron chi connectivity index (χ0n) is 13.8. The number of H-pyrrole nitrogens is 1. The molecule has 0 bridgehead atoms. The van der Waals surface area contributed by atoms with E-state index >= 15 is 0 Å². The first-order valence-corrected chi connectivity index (χ1v) is 8.97. The molecular weight excluding hydrogens is 378 g/mol. The van der Waals surface area contributed by atoms with E-state index in [0.29, 0.717) is 6.54 Å². The van der Waals surface area contributed by atoms with E-state index in [-0.39, 0.29) is 0 Å². The van der Waals surface area contributed by atoms with Gasteiger partial charge in [0.2, 0.25) is 0 Å². The topological polar surface area (TPSA) is 53.9 Å².